The number of allylic oxidation sites excluding steroid dienone is 2. The van der Waals surface area contributed by atoms with Crippen LogP contribution in [0.2, 0.25) is 0 Å². The summed E-state index contributed by atoms with van der Waals surface area (Å²) in [7, 11) is 0. The zero-order chi connectivity index (χ0) is 19.9. The first-order chi connectivity index (χ1) is 12.7. The average molecular weight is 401 g/mol. The highest BCUT2D eigenvalue weighted by atomic mass is 32.1. The lowest BCUT2D eigenvalue weighted by molar-refractivity contribution is -0.136. The Labute approximate surface area is 155 Å². The summed E-state index contributed by atoms with van der Waals surface area (Å²) in [6.45, 7) is -1.55. The van der Waals surface area contributed by atoms with Gasteiger partial charge in [-0.2, -0.15) is 8.78 Å². The average Bonchev–Trinajstić information content (AvgIpc) is 3.13. The third-order valence-corrected chi connectivity index (χ3v) is 5.16. The molecule has 0 saturated carbocycles. The Morgan fingerprint density at radius 1 is 1.44 bits per heavy atom. The predicted octanol–water partition coefficient (Wildman–Crippen LogP) is 3.99. The van der Waals surface area contributed by atoms with Crippen LogP contribution in [-0.2, 0) is 4.79 Å². The first kappa shape index (κ1) is 19.0. The van der Waals surface area contributed by atoms with E-state index in [1.165, 1.54) is 23.3 Å². The second kappa shape index (κ2) is 7.10. The number of aliphatic hydroxyl groups excluding tert-OH is 1. The molecule has 6 nitrogen and oxygen atoms in total. The van der Waals surface area contributed by atoms with Gasteiger partial charge in [-0.3, -0.25) is 9.59 Å². The second-order valence-corrected chi connectivity index (χ2v) is 6.78. The van der Waals surface area contributed by atoms with Crippen molar-refractivity contribution in [2.24, 2.45) is 0 Å². The Bertz CT molecular complexity index is 902. The standard InChI is InChI=1S/C17H14F3NO5S/c1-7-9(5-12(23)24)14-10(2-3-11(22)15(14)18)21(7)16(25)8-4-13(27-6-8)26-17(19)20/h3-4,6,10,17,22H,2,5H2,1H3,(H,23,24). The number of aliphatic hydroxyl groups is 1. The number of nitrogens with zero attached hydrogens (tertiary/aromatic N) is 1. The highest BCUT2D eigenvalue weighted by molar-refractivity contribution is 7.12. The zero-order valence-corrected chi connectivity index (χ0v) is 14.7. The van der Waals surface area contributed by atoms with Crippen molar-refractivity contribution >= 4 is 23.2 Å². The molecule has 1 aromatic heterocycles. The molecule has 10 heteroatoms. The number of rotatable bonds is 5. The molecule has 0 aromatic carbocycles. The number of carbonyl (C=O) groups excluding carboxylic acids is 1. The topological polar surface area (TPSA) is 87.1 Å². The lowest BCUT2D eigenvalue weighted by Crippen LogP contribution is -2.36. The van der Waals surface area contributed by atoms with Crippen molar-refractivity contribution in [1.29, 1.82) is 0 Å². The fourth-order valence-corrected chi connectivity index (χ4v) is 3.98. The van der Waals surface area contributed by atoms with Gasteiger partial charge < -0.3 is 19.8 Å². The smallest absolute Gasteiger partial charge is 0.388 e. The maximum Gasteiger partial charge on any atom is 0.388 e. The summed E-state index contributed by atoms with van der Waals surface area (Å²) in [6, 6.07) is 0.333. The summed E-state index contributed by atoms with van der Waals surface area (Å²) < 4.78 is 43.4. The summed E-state index contributed by atoms with van der Waals surface area (Å²) in [5.74, 6) is -3.38. The van der Waals surface area contributed by atoms with Crippen LogP contribution in [0.15, 0.2) is 46.0 Å². The number of thiophene rings is 1. The van der Waals surface area contributed by atoms with Crippen LogP contribution >= 0.6 is 11.3 Å². The van der Waals surface area contributed by atoms with E-state index >= 15 is 0 Å². The number of alkyl halides is 2. The van der Waals surface area contributed by atoms with Gasteiger partial charge in [-0.15, -0.1) is 11.3 Å². The van der Waals surface area contributed by atoms with Crippen molar-refractivity contribution in [3.05, 3.63) is 51.5 Å². The number of carboxylic acid groups (broad SMARTS) is 1. The van der Waals surface area contributed by atoms with E-state index in [0.717, 1.165) is 17.4 Å². The molecule has 1 aromatic rings. The van der Waals surface area contributed by atoms with Gasteiger partial charge in [-0.05, 0) is 25.0 Å². The summed E-state index contributed by atoms with van der Waals surface area (Å²) in [4.78, 5) is 25.3. The van der Waals surface area contributed by atoms with Gasteiger partial charge in [0.15, 0.2) is 10.9 Å². The number of fused-ring (bicyclic) bond motifs is 1. The normalized spacial score (nSPS) is 19.5. The van der Waals surface area contributed by atoms with Crippen molar-refractivity contribution in [2.75, 3.05) is 0 Å². The highest BCUT2D eigenvalue weighted by Gasteiger charge is 2.42. The number of hydrogen-bond donors (Lipinski definition) is 2. The van der Waals surface area contributed by atoms with Crippen LogP contribution in [0.1, 0.15) is 30.1 Å². The van der Waals surface area contributed by atoms with E-state index in [9.17, 15) is 27.9 Å². The molecular formula is C17H14F3NO5S. The molecule has 0 spiro atoms. The van der Waals surface area contributed by atoms with Crippen LogP contribution in [0.5, 0.6) is 5.06 Å². The third-order valence-electron chi connectivity index (χ3n) is 4.34. The minimum atomic E-state index is -3.03. The summed E-state index contributed by atoms with van der Waals surface area (Å²) in [6.07, 6.45) is 0.774. The van der Waals surface area contributed by atoms with Crippen LogP contribution < -0.4 is 4.74 Å². The molecule has 2 N–H and O–H groups in total. The van der Waals surface area contributed by atoms with Crippen LogP contribution in [0.25, 0.3) is 0 Å². The molecule has 0 saturated heterocycles. The van der Waals surface area contributed by atoms with E-state index in [1.807, 2.05) is 0 Å². The van der Waals surface area contributed by atoms with Crippen molar-refractivity contribution in [1.82, 2.24) is 4.90 Å². The first-order valence-corrected chi connectivity index (χ1v) is 8.66. The number of aliphatic carboxylic acids is 1. The van der Waals surface area contributed by atoms with Gasteiger partial charge >= 0.3 is 12.6 Å². The maximum atomic E-state index is 14.5. The van der Waals surface area contributed by atoms with Gasteiger partial charge in [-0.1, -0.05) is 0 Å². The van der Waals surface area contributed by atoms with Gasteiger partial charge in [0, 0.05) is 22.7 Å². The molecule has 2 aliphatic rings. The molecule has 1 aliphatic carbocycles. The van der Waals surface area contributed by atoms with Crippen LogP contribution in [0.3, 0.4) is 0 Å². The number of carboxylic acids is 1. The van der Waals surface area contributed by atoms with Gasteiger partial charge in [0.1, 0.15) is 5.76 Å². The van der Waals surface area contributed by atoms with Crippen LogP contribution in [-0.4, -0.2) is 39.6 Å². The molecule has 1 amide bonds. The fourth-order valence-electron chi connectivity index (χ4n) is 3.24. The molecular weight excluding hydrogens is 387 g/mol. The van der Waals surface area contributed by atoms with E-state index in [4.69, 9.17) is 5.11 Å². The SMILES string of the molecule is CC1=C(CC(=O)O)C2=C(F)C(O)=CCC2N1C(=O)c1csc(OC(F)F)c1. The number of ether oxygens (including phenoxy) is 1. The van der Waals surface area contributed by atoms with Gasteiger partial charge in [0.05, 0.1) is 18.0 Å². The number of amides is 1. The molecule has 1 unspecified atom stereocenters. The van der Waals surface area contributed by atoms with E-state index in [-0.39, 0.29) is 33.9 Å². The summed E-state index contributed by atoms with van der Waals surface area (Å²) in [5.41, 5.74) is 0.369. The largest absolute Gasteiger partial charge is 0.505 e. The number of hydrogen-bond acceptors (Lipinski definition) is 5. The number of carbonyl (C=O) groups is 2. The maximum absolute atomic E-state index is 14.5. The van der Waals surface area contributed by atoms with E-state index in [1.54, 1.807) is 0 Å². The Morgan fingerprint density at radius 3 is 2.78 bits per heavy atom. The third kappa shape index (κ3) is 3.44. The van der Waals surface area contributed by atoms with Crippen LogP contribution in [0, 0.1) is 0 Å². The fraction of sp³-hybridized carbons (Fsp3) is 0.294. The quantitative estimate of drug-likeness (QED) is 0.779. The van der Waals surface area contributed by atoms with Gasteiger partial charge in [-0.25, -0.2) is 4.39 Å². The highest BCUT2D eigenvalue weighted by Crippen LogP contribution is 2.44. The minimum absolute atomic E-state index is 0.0393. The predicted molar refractivity (Wildman–Crippen MR) is 89.3 cm³/mol. The van der Waals surface area contributed by atoms with Gasteiger partial charge in [0.2, 0.25) is 0 Å². The molecule has 0 fully saturated rings. The zero-order valence-electron chi connectivity index (χ0n) is 13.9. The summed E-state index contributed by atoms with van der Waals surface area (Å²) in [5, 5.41) is 20.0. The molecule has 144 valence electrons. The van der Waals surface area contributed by atoms with Crippen molar-refractivity contribution in [3.8, 4) is 5.06 Å². The molecule has 0 bridgehead atoms. The lowest BCUT2D eigenvalue weighted by atomic mass is 9.92. The minimum Gasteiger partial charge on any atom is -0.505 e. The van der Waals surface area contributed by atoms with Crippen molar-refractivity contribution in [3.63, 3.8) is 0 Å². The van der Waals surface area contributed by atoms with Crippen LogP contribution in [0.4, 0.5) is 13.2 Å². The molecule has 1 aliphatic heterocycles. The monoisotopic (exact) mass is 401 g/mol. The Morgan fingerprint density at radius 2 is 2.15 bits per heavy atom. The first-order valence-electron chi connectivity index (χ1n) is 7.78. The molecule has 0 radical (unpaired) electrons. The second-order valence-electron chi connectivity index (χ2n) is 5.91. The van der Waals surface area contributed by atoms with E-state index in [0.29, 0.717) is 0 Å². The number of halogens is 3. The Balaban J connectivity index is 2.00. The Hall–Kier alpha value is -2.75. The van der Waals surface area contributed by atoms with Crippen molar-refractivity contribution in [2.45, 2.75) is 32.4 Å². The van der Waals surface area contributed by atoms with E-state index in [2.05, 4.69) is 4.74 Å². The molecule has 2 heterocycles. The van der Waals surface area contributed by atoms with Gasteiger partial charge in [0.25, 0.3) is 5.91 Å². The summed E-state index contributed by atoms with van der Waals surface area (Å²) >= 11 is 0.810. The molecule has 1 atom stereocenters. The Kier molecular flexibility index (Phi) is 5.01. The molecule has 27 heavy (non-hydrogen) atoms. The van der Waals surface area contributed by atoms with Crippen molar-refractivity contribution < 1.29 is 37.7 Å². The van der Waals surface area contributed by atoms with E-state index < -0.39 is 42.5 Å². The lowest BCUT2D eigenvalue weighted by Gasteiger charge is -2.28. The molecule has 3 rings (SSSR count).